The number of rotatable bonds is 5. The predicted molar refractivity (Wildman–Crippen MR) is 64.4 cm³/mol. The molecule has 1 aromatic rings. The van der Waals surface area contributed by atoms with Gasteiger partial charge in [0.15, 0.2) is 0 Å². The smallest absolute Gasteiger partial charge is 0.226 e. The number of hydrogen-bond acceptors (Lipinski definition) is 4. The van der Waals surface area contributed by atoms with Crippen molar-refractivity contribution in [2.75, 3.05) is 24.3 Å². The Morgan fingerprint density at radius 3 is 2.80 bits per heavy atom. The van der Waals surface area contributed by atoms with Crippen LogP contribution in [0.4, 0.5) is 11.8 Å². The van der Waals surface area contributed by atoms with Crippen LogP contribution in [0, 0.1) is 0 Å². The molecule has 0 aliphatic heterocycles. The largest absolute Gasteiger partial charge is 0.367 e. The Hall–Kier alpha value is -1.32. The fourth-order valence-electron chi connectivity index (χ4n) is 1.40. The van der Waals surface area contributed by atoms with Gasteiger partial charge in [-0.1, -0.05) is 13.3 Å². The van der Waals surface area contributed by atoms with E-state index in [-0.39, 0.29) is 0 Å². The molecule has 1 aromatic heterocycles. The third-order valence-corrected chi connectivity index (χ3v) is 2.16. The van der Waals surface area contributed by atoms with Crippen LogP contribution < -0.4 is 10.2 Å². The highest BCUT2D eigenvalue weighted by atomic mass is 15.2. The van der Waals surface area contributed by atoms with Gasteiger partial charge in [0, 0.05) is 26.3 Å². The minimum atomic E-state index is 0.458. The van der Waals surface area contributed by atoms with Crippen LogP contribution in [0.3, 0.4) is 0 Å². The molecule has 0 saturated heterocycles. The second kappa shape index (κ2) is 5.53. The third kappa shape index (κ3) is 3.73. The maximum atomic E-state index is 4.40. The Balaban J connectivity index is 2.65. The Kier molecular flexibility index (Phi) is 4.34. The van der Waals surface area contributed by atoms with Crippen LogP contribution in [0.2, 0.25) is 0 Å². The van der Waals surface area contributed by atoms with Gasteiger partial charge in [0.05, 0.1) is 0 Å². The quantitative estimate of drug-likeness (QED) is 0.805. The zero-order valence-corrected chi connectivity index (χ0v) is 9.99. The lowest BCUT2D eigenvalue weighted by atomic mass is 10.2. The van der Waals surface area contributed by atoms with Crippen LogP contribution in [0.5, 0.6) is 0 Å². The van der Waals surface area contributed by atoms with Crippen LogP contribution in [0.1, 0.15) is 26.7 Å². The summed E-state index contributed by atoms with van der Waals surface area (Å²) in [5.41, 5.74) is 0. The van der Waals surface area contributed by atoms with E-state index < -0.39 is 0 Å². The molecular weight excluding hydrogens is 188 g/mol. The van der Waals surface area contributed by atoms with E-state index in [0.717, 1.165) is 18.2 Å². The van der Waals surface area contributed by atoms with Crippen LogP contribution in [-0.2, 0) is 0 Å². The van der Waals surface area contributed by atoms with Crippen molar-refractivity contribution in [3.05, 3.63) is 12.3 Å². The van der Waals surface area contributed by atoms with Gasteiger partial charge in [-0.3, -0.25) is 0 Å². The van der Waals surface area contributed by atoms with Crippen molar-refractivity contribution < 1.29 is 0 Å². The van der Waals surface area contributed by atoms with Crippen molar-refractivity contribution in [3.63, 3.8) is 0 Å². The highest BCUT2D eigenvalue weighted by Crippen LogP contribution is 2.10. The van der Waals surface area contributed by atoms with Crippen LogP contribution >= 0.6 is 0 Å². The summed E-state index contributed by atoms with van der Waals surface area (Å²) in [7, 11) is 3.88. The molecule has 0 bridgehead atoms. The Labute approximate surface area is 91.7 Å². The molecule has 1 unspecified atom stereocenters. The molecule has 0 aliphatic carbocycles. The third-order valence-electron chi connectivity index (χ3n) is 2.16. The monoisotopic (exact) mass is 208 g/mol. The summed E-state index contributed by atoms with van der Waals surface area (Å²) < 4.78 is 0. The normalized spacial score (nSPS) is 12.3. The van der Waals surface area contributed by atoms with E-state index in [4.69, 9.17) is 0 Å². The van der Waals surface area contributed by atoms with Crippen LogP contribution in [-0.4, -0.2) is 30.1 Å². The molecule has 0 fully saturated rings. The summed E-state index contributed by atoms with van der Waals surface area (Å²) in [6, 6.07) is 2.36. The molecule has 0 amide bonds. The van der Waals surface area contributed by atoms with Crippen molar-refractivity contribution in [2.24, 2.45) is 0 Å². The van der Waals surface area contributed by atoms with Crippen molar-refractivity contribution in [3.8, 4) is 0 Å². The van der Waals surface area contributed by atoms with Gasteiger partial charge in [0.25, 0.3) is 0 Å². The summed E-state index contributed by atoms with van der Waals surface area (Å²) in [6.07, 6.45) is 4.12. The number of nitrogens with zero attached hydrogens (tertiary/aromatic N) is 3. The molecule has 15 heavy (non-hydrogen) atoms. The van der Waals surface area contributed by atoms with Gasteiger partial charge in [-0.2, -0.15) is 4.98 Å². The number of aromatic nitrogens is 2. The Bertz CT molecular complexity index is 298. The summed E-state index contributed by atoms with van der Waals surface area (Å²) in [6.45, 7) is 4.35. The Morgan fingerprint density at radius 2 is 2.20 bits per heavy atom. The van der Waals surface area contributed by atoms with Gasteiger partial charge in [0.2, 0.25) is 5.95 Å². The summed E-state index contributed by atoms with van der Waals surface area (Å²) in [4.78, 5) is 10.5. The van der Waals surface area contributed by atoms with Crippen molar-refractivity contribution in [1.29, 1.82) is 0 Å². The molecule has 0 radical (unpaired) electrons. The molecule has 1 heterocycles. The van der Waals surface area contributed by atoms with Gasteiger partial charge in [0.1, 0.15) is 5.82 Å². The van der Waals surface area contributed by atoms with E-state index in [1.807, 2.05) is 25.1 Å². The molecule has 1 atom stereocenters. The molecule has 1 rings (SSSR count). The topological polar surface area (TPSA) is 41.1 Å². The SMILES string of the molecule is CCCC(C)Nc1ccnc(N(C)C)n1. The van der Waals surface area contributed by atoms with E-state index in [9.17, 15) is 0 Å². The first-order valence-corrected chi connectivity index (χ1v) is 5.40. The molecular formula is C11H20N4. The molecule has 0 aliphatic rings. The maximum Gasteiger partial charge on any atom is 0.226 e. The average molecular weight is 208 g/mol. The summed E-state index contributed by atoms with van der Waals surface area (Å²) in [5, 5.41) is 3.36. The fourth-order valence-corrected chi connectivity index (χ4v) is 1.40. The zero-order valence-electron chi connectivity index (χ0n) is 9.99. The highest BCUT2D eigenvalue weighted by Gasteiger charge is 2.04. The van der Waals surface area contributed by atoms with Crippen molar-refractivity contribution >= 4 is 11.8 Å². The molecule has 4 nitrogen and oxygen atoms in total. The van der Waals surface area contributed by atoms with Crippen molar-refractivity contribution in [1.82, 2.24) is 9.97 Å². The summed E-state index contributed by atoms with van der Waals surface area (Å²) in [5.74, 6) is 1.64. The molecule has 1 N–H and O–H groups in total. The van der Waals surface area contributed by atoms with E-state index in [2.05, 4.69) is 29.1 Å². The van der Waals surface area contributed by atoms with Gasteiger partial charge in [-0.25, -0.2) is 4.98 Å². The second-order valence-electron chi connectivity index (χ2n) is 3.97. The first-order valence-electron chi connectivity index (χ1n) is 5.40. The molecule has 4 heteroatoms. The van der Waals surface area contributed by atoms with Gasteiger partial charge < -0.3 is 10.2 Å². The van der Waals surface area contributed by atoms with Crippen LogP contribution in [0.25, 0.3) is 0 Å². The number of hydrogen-bond donors (Lipinski definition) is 1. The Morgan fingerprint density at radius 1 is 1.47 bits per heavy atom. The lowest BCUT2D eigenvalue weighted by Crippen LogP contribution is -2.18. The van der Waals surface area contributed by atoms with Gasteiger partial charge in [-0.05, 0) is 19.4 Å². The van der Waals surface area contributed by atoms with E-state index in [0.29, 0.717) is 6.04 Å². The highest BCUT2D eigenvalue weighted by molar-refractivity contribution is 5.40. The lowest BCUT2D eigenvalue weighted by molar-refractivity contribution is 0.687. The van der Waals surface area contributed by atoms with Gasteiger partial charge >= 0.3 is 0 Å². The number of anilines is 2. The first kappa shape index (κ1) is 11.8. The molecule has 84 valence electrons. The minimum absolute atomic E-state index is 0.458. The standard InChI is InChI=1S/C11H20N4/c1-5-6-9(2)13-10-7-8-12-11(14-10)15(3)4/h7-9H,5-6H2,1-4H3,(H,12,13,14). The first-order chi connectivity index (χ1) is 7.13. The maximum absolute atomic E-state index is 4.40. The number of nitrogens with one attached hydrogen (secondary N) is 1. The zero-order chi connectivity index (χ0) is 11.3. The lowest BCUT2D eigenvalue weighted by Gasteiger charge is -2.15. The van der Waals surface area contributed by atoms with Crippen LogP contribution in [0.15, 0.2) is 12.3 Å². The fraction of sp³-hybridized carbons (Fsp3) is 0.636. The van der Waals surface area contributed by atoms with Crippen molar-refractivity contribution in [2.45, 2.75) is 32.7 Å². The molecule has 0 saturated carbocycles. The van der Waals surface area contributed by atoms with E-state index >= 15 is 0 Å². The average Bonchev–Trinajstić information content (AvgIpc) is 2.18. The summed E-state index contributed by atoms with van der Waals surface area (Å²) >= 11 is 0. The molecule has 0 spiro atoms. The molecule has 0 aromatic carbocycles. The van der Waals surface area contributed by atoms with Gasteiger partial charge in [-0.15, -0.1) is 0 Å². The second-order valence-corrected chi connectivity index (χ2v) is 3.97. The van der Waals surface area contributed by atoms with E-state index in [1.54, 1.807) is 6.20 Å². The minimum Gasteiger partial charge on any atom is -0.367 e. The predicted octanol–water partition coefficient (Wildman–Crippen LogP) is 2.14. The van der Waals surface area contributed by atoms with E-state index in [1.165, 1.54) is 6.42 Å².